The van der Waals surface area contributed by atoms with Gasteiger partial charge >= 0.3 is 0 Å². The van der Waals surface area contributed by atoms with Crippen LogP contribution >= 0.6 is 12.2 Å². The number of thiocarbonyl (C=S) groups is 1. The third kappa shape index (κ3) is 6.74. The first-order valence-corrected chi connectivity index (χ1v) is 13.7. The number of aromatic nitrogens is 2. The van der Waals surface area contributed by atoms with Gasteiger partial charge in [-0.05, 0) is 79.1 Å². The normalized spacial score (nSPS) is 17.3. The van der Waals surface area contributed by atoms with Crippen molar-refractivity contribution in [3.63, 3.8) is 0 Å². The van der Waals surface area contributed by atoms with Gasteiger partial charge in [-0.3, -0.25) is 0 Å². The van der Waals surface area contributed by atoms with E-state index in [1.165, 1.54) is 36.1 Å². The summed E-state index contributed by atoms with van der Waals surface area (Å²) in [5, 5.41) is 7.01. The van der Waals surface area contributed by atoms with Crippen LogP contribution in [0.25, 0.3) is 0 Å². The Kier molecular flexibility index (Phi) is 8.14. The number of nitrogens with zero attached hydrogens (tertiary/aromatic N) is 4. The molecule has 0 spiro atoms. The largest absolute Gasteiger partial charge is 0.362 e. The van der Waals surface area contributed by atoms with Crippen molar-refractivity contribution < 1.29 is 4.39 Å². The highest BCUT2D eigenvalue weighted by atomic mass is 32.1. The molecule has 0 unspecified atom stereocenters. The van der Waals surface area contributed by atoms with Crippen LogP contribution in [0.15, 0.2) is 54.6 Å². The van der Waals surface area contributed by atoms with E-state index in [0.717, 1.165) is 62.6 Å². The van der Waals surface area contributed by atoms with Crippen LogP contribution in [0.2, 0.25) is 0 Å². The first-order valence-electron chi connectivity index (χ1n) is 13.3. The smallest absolute Gasteiger partial charge is 0.232 e. The molecule has 1 aromatic heterocycles. The van der Waals surface area contributed by atoms with Gasteiger partial charge < -0.3 is 20.4 Å². The van der Waals surface area contributed by atoms with E-state index in [2.05, 4.69) is 57.7 Å². The molecule has 37 heavy (non-hydrogen) atoms. The summed E-state index contributed by atoms with van der Waals surface area (Å²) in [4.78, 5) is 14.5. The van der Waals surface area contributed by atoms with Gasteiger partial charge in [-0.2, -0.15) is 9.97 Å². The van der Waals surface area contributed by atoms with Crippen molar-refractivity contribution in [1.29, 1.82) is 0 Å². The Morgan fingerprint density at radius 2 is 1.78 bits per heavy atom. The van der Waals surface area contributed by atoms with Crippen LogP contribution in [0, 0.1) is 11.7 Å². The molecule has 3 heterocycles. The quantitative estimate of drug-likeness (QED) is 0.324. The molecule has 1 fully saturated rings. The van der Waals surface area contributed by atoms with Crippen LogP contribution in [0.1, 0.15) is 42.9 Å². The molecular weight excluding hydrogens is 483 g/mol. The highest BCUT2D eigenvalue weighted by molar-refractivity contribution is 7.80. The number of rotatable bonds is 7. The Labute approximate surface area is 224 Å². The number of nitrogens with one attached hydrogen (secondary N) is 2. The highest BCUT2D eigenvalue weighted by Gasteiger charge is 2.23. The topological polar surface area (TPSA) is 56.3 Å². The minimum absolute atomic E-state index is 0.207. The average molecular weight is 519 g/mol. The van der Waals surface area contributed by atoms with Gasteiger partial charge in [0, 0.05) is 38.8 Å². The number of anilines is 3. The highest BCUT2D eigenvalue weighted by Crippen LogP contribution is 2.29. The van der Waals surface area contributed by atoms with Crippen LogP contribution in [0.3, 0.4) is 0 Å². The van der Waals surface area contributed by atoms with E-state index >= 15 is 0 Å². The molecule has 2 aliphatic heterocycles. The van der Waals surface area contributed by atoms with Gasteiger partial charge in [0.25, 0.3) is 0 Å². The molecule has 0 aliphatic carbocycles. The first kappa shape index (κ1) is 25.4. The van der Waals surface area contributed by atoms with Crippen molar-refractivity contribution in [1.82, 2.24) is 15.3 Å². The zero-order valence-electron chi connectivity index (χ0n) is 21.4. The summed E-state index contributed by atoms with van der Waals surface area (Å²) < 4.78 is 13.1. The first-order chi connectivity index (χ1) is 18.0. The van der Waals surface area contributed by atoms with E-state index < -0.39 is 0 Å². The van der Waals surface area contributed by atoms with Crippen LogP contribution in [0.5, 0.6) is 0 Å². The molecule has 1 saturated heterocycles. The van der Waals surface area contributed by atoms with E-state index in [9.17, 15) is 4.39 Å². The van der Waals surface area contributed by atoms with Crippen LogP contribution in [-0.2, 0) is 19.4 Å². The number of benzene rings is 2. The van der Waals surface area contributed by atoms with Gasteiger partial charge in [0.2, 0.25) is 5.95 Å². The molecule has 6 nitrogen and oxygen atoms in total. The monoisotopic (exact) mass is 518 g/mol. The van der Waals surface area contributed by atoms with Gasteiger partial charge in [0.1, 0.15) is 17.5 Å². The zero-order chi connectivity index (χ0) is 25.6. The maximum absolute atomic E-state index is 13.1. The lowest BCUT2D eigenvalue weighted by Crippen LogP contribution is -2.36. The van der Waals surface area contributed by atoms with Crippen LogP contribution in [0.4, 0.5) is 22.0 Å². The summed E-state index contributed by atoms with van der Waals surface area (Å²) in [6, 6.07) is 17.4. The van der Waals surface area contributed by atoms with Crippen molar-refractivity contribution in [2.75, 3.05) is 41.3 Å². The number of hydrogen-bond donors (Lipinski definition) is 2. The molecule has 2 N–H and O–H groups in total. The summed E-state index contributed by atoms with van der Waals surface area (Å²) in [5.74, 6) is 2.85. The molecule has 194 valence electrons. The zero-order valence-corrected chi connectivity index (χ0v) is 22.2. The fourth-order valence-electron chi connectivity index (χ4n) is 5.18. The summed E-state index contributed by atoms with van der Waals surface area (Å²) in [6.07, 6.45) is 5.18. The molecule has 5 rings (SSSR count). The number of halogens is 1. The standard InChI is InChI=1S/C29H35FN6S/c1-21-6-5-16-35(19-21)26-18-27(36-17-14-23-8-2-3-9-24(23)20-36)33-28(32-26)34-29(37)31-15-4-7-22-10-12-25(30)13-11-22/h2-3,8-13,18,21H,4-7,14-17,19-20H2,1H3,(H2,31,32,33,34,37)/t21-/m1/s1. The molecular formula is C29H35FN6S. The van der Waals surface area contributed by atoms with Crippen molar-refractivity contribution >= 4 is 34.9 Å². The molecule has 1 atom stereocenters. The third-order valence-electron chi connectivity index (χ3n) is 7.20. The predicted molar refractivity (Wildman–Crippen MR) is 153 cm³/mol. The summed E-state index contributed by atoms with van der Waals surface area (Å²) >= 11 is 5.57. The van der Waals surface area contributed by atoms with Crippen molar-refractivity contribution in [3.8, 4) is 0 Å². The van der Waals surface area contributed by atoms with E-state index in [1.807, 2.05) is 12.1 Å². The van der Waals surface area contributed by atoms with Gasteiger partial charge in [-0.25, -0.2) is 4.39 Å². The fraction of sp³-hybridized carbons (Fsp3) is 0.414. The van der Waals surface area contributed by atoms with Crippen molar-refractivity contribution in [2.24, 2.45) is 5.92 Å². The summed E-state index contributed by atoms with van der Waals surface area (Å²) in [5.41, 5.74) is 3.89. The SMILES string of the molecule is C[C@@H]1CCCN(c2cc(N3CCc4ccccc4C3)nc(NC(=S)NCCCc3ccc(F)cc3)n2)C1. The number of aryl methyl sites for hydroxylation is 1. The number of piperidine rings is 1. The van der Waals surface area contributed by atoms with Gasteiger partial charge in [0.15, 0.2) is 5.11 Å². The minimum Gasteiger partial charge on any atom is -0.362 e. The Balaban J connectivity index is 1.26. The van der Waals surface area contributed by atoms with Crippen LogP contribution < -0.4 is 20.4 Å². The second-order valence-corrected chi connectivity index (χ2v) is 10.6. The molecule has 0 amide bonds. The van der Waals surface area contributed by atoms with Gasteiger partial charge in [-0.15, -0.1) is 0 Å². The maximum Gasteiger partial charge on any atom is 0.232 e. The second kappa shape index (κ2) is 11.9. The predicted octanol–water partition coefficient (Wildman–Crippen LogP) is 5.33. The second-order valence-electron chi connectivity index (χ2n) is 10.2. The third-order valence-corrected chi connectivity index (χ3v) is 7.45. The Morgan fingerprint density at radius 3 is 2.57 bits per heavy atom. The molecule has 2 aliphatic rings. The molecule has 8 heteroatoms. The van der Waals surface area contributed by atoms with E-state index in [4.69, 9.17) is 22.2 Å². The van der Waals surface area contributed by atoms with Crippen molar-refractivity contribution in [2.45, 2.75) is 45.6 Å². The van der Waals surface area contributed by atoms with Crippen molar-refractivity contribution in [3.05, 3.63) is 77.1 Å². The Hall–Kier alpha value is -3.26. The lowest BCUT2D eigenvalue weighted by Gasteiger charge is -2.34. The minimum atomic E-state index is -0.207. The van der Waals surface area contributed by atoms with Gasteiger partial charge in [0.05, 0.1) is 0 Å². The van der Waals surface area contributed by atoms with E-state index in [0.29, 0.717) is 23.5 Å². The molecule has 3 aromatic rings. The molecule has 2 aromatic carbocycles. The lowest BCUT2D eigenvalue weighted by molar-refractivity contribution is 0.444. The average Bonchev–Trinajstić information content (AvgIpc) is 2.91. The van der Waals surface area contributed by atoms with Gasteiger partial charge in [-0.1, -0.05) is 43.3 Å². The summed E-state index contributed by atoms with van der Waals surface area (Å²) in [6.45, 7) is 6.80. The summed E-state index contributed by atoms with van der Waals surface area (Å²) in [7, 11) is 0. The Bertz CT molecular complexity index is 1220. The number of fused-ring (bicyclic) bond motifs is 1. The lowest BCUT2D eigenvalue weighted by atomic mass is 10.00. The van der Waals surface area contributed by atoms with E-state index in [-0.39, 0.29) is 5.82 Å². The van der Waals surface area contributed by atoms with E-state index in [1.54, 1.807) is 0 Å². The maximum atomic E-state index is 13.1. The van der Waals surface area contributed by atoms with Crippen LogP contribution in [-0.4, -0.2) is 41.3 Å². The Morgan fingerprint density at radius 1 is 1.03 bits per heavy atom. The molecule has 0 radical (unpaired) electrons. The fourth-order valence-corrected chi connectivity index (χ4v) is 5.38. The molecule has 0 saturated carbocycles. The number of hydrogen-bond acceptors (Lipinski definition) is 5. The molecule has 0 bridgehead atoms.